The van der Waals surface area contributed by atoms with E-state index >= 15 is 0 Å². The second-order valence-electron chi connectivity index (χ2n) is 7.68. The number of nitrogens with one attached hydrogen (secondary N) is 2. The minimum absolute atomic E-state index is 0.0134. The first kappa shape index (κ1) is 22.3. The molecule has 1 heterocycles. The molecule has 1 aliphatic carbocycles. The first-order valence-corrected chi connectivity index (χ1v) is 11.2. The van der Waals surface area contributed by atoms with Crippen LogP contribution < -0.4 is 10.6 Å². The highest BCUT2D eigenvalue weighted by atomic mass is 79.9. The number of ether oxygens (including phenoxy) is 1. The van der Waals surface area contributed by atoms with Crippen molar-refractivity contribution in [2.75, 3.05) is 13.2 Å². The molecule has 3 atom stereocenters. The minimum Gasteiger partial charge on any atom is -0.463 e. The summed E-state index contributed by atoms with van der Waals surface area (Å²) in [7, 11) is 0. The normalized spacial score (nSPS) is 21.6. The van der Waals surface area contributed by atoms with Gasteiger partial charge in [-0.2, -0.15) is 0 Å². The molecule has 7 heteroatoms. The smallest absolute Gasteiger partial charge is 0.330 e. The fourth-order valence-corrected chi connectivity index (χ4v) is 4.56. The summed E-state index contributed by atoms with van der Waals surface area (Å²) in [4.78, 5) is 36.8. The van der Waals surface area contributed by atoms with E-state index in [9.17, 15) is 14.4 Å². The zero-order valence-corrected chi connectivity index (χ0v) is 18.8. The van der Waals surface area contributed by atoms with E-state index < -0.39 is 12.0 Å². The Morgan fingerprint density at radius 2 is 2.20 bits per heavy atom. The molecule has 0 aromatic heterocycles. The van der Waals surface area contributed by atoms with Gasteiger partial charge in [-0.1, -0.05) is 45.8 Å². The first-order chi connectivity index (χ1) is 14.4. The number of fused-ring (bicyclic) bond motifs is 1. The third kappa shape index (κ3) is 5.59. The van der Waals surface area contributed by atoms with Crippen molar-refractivity contribution in [3.8, 4) is 0 Å². The van der Waals surface area contributed by atoms with E-state index in [1.54, 1.807) is 13.0 Å². The topological polar surface area (TPSA) is 84.5 Å². The number of esters is 1. The van der Waals surface area contributed by atoms with Crippen LogP contribution in [0.5, 0.6) is 0 Å². The van der Waals surface area contributed by atoms with Crippen LogP contribution in [0.1, 0.15) is 47.7 Å². The predicted octanol–water partition coefficient (Wildman–Crippen LogP) is 3.35. The maximum Gasteiger partial charge on any atom is 0.330 e. The maximum absolute atomic E-state index is 13.0. The molecule has 1 fully saturated rings. The number of hydrogen-bond donors (Lipinski definition) is 2. The summed E-state index contributed by atoms with van der Waals surface area (Å²) in [6.45, 7) is 4.70. The predicted molar refractivity (Wildman–Crippen MR) is 119 cm³/mol. The van der Waals surface area contributed by atoms with Crippen molar-refractivity contribution in [2.45, 2.75) is 44.0 Å². The number of aryl methyl sites for hydroxylation is 1. The van der Waals surface area contributed by atoms with Gasteiger partial charge in [0.05, 0.1) is 6.61 Å². The van der Waals surface area contributed by atoms with Crippen LogP contribution >= 0.6 is 15.9 Å². The number of amides is 2. The first-order valence-electron chi connectivity index (χ1n) is 10.3. The van der Waals surface area contributed by atoms with Gasteiger partial charge in [-0.15, -0.1) is 0 Å². The highest BCUT2D eigenvalue weighted by Crippen LogP contribution is 2.38. The zero-order valence-electron chi connectivity index (χ0n) is 17.2. The molecule has 0 bridgehead atoms. The lowest BCUT2D eigenvalue weighted by atomic mass is 9.90. The standard InChI is InChI=1S/C23H27BrN2O4/c1-3-30-21(27)7-6-18(12-16-8-9-25-22(16)28)26-23(29)17-11-15-5-4-14(2)10-19(15)20(24)13-17/h4-7,10-11,16,18,20H,3,8-9,12-13H2,1-2H3,(H,25,28)(H,26,29)/t16-,18+,20?/m0/s1. The lowest BCUT2D eigenvalue weighted by Crippen LogP contribution is -2.37. The maximum atomic E-state index is 13.0. The summed E-state index contributed by atoms with van der Waals surface area (Å²) in [5.74, 6) is -0.854. The van der Waals surface area contributed by atoms with E-state index in [-0.39, 0.29) is 29.2 Å². The molecule has 2 amide bonds. The lowest BCUT2D eigenvalue weighted by molar-refractivity contribution is -0.137. The molecule has 1 aromatic carbocycles. The van der Waals surface area contributed by atoms with Gasteiger partial charge >= 0.3 is 5.97 Å². The minimum atomic E-state index is -0.464. The lowest BCUT2D eigenvalue weighted by Gasteiger charge is -2.24. The van der Waals surface area contributed by atoms with Crippen molar-refractivity contribution in [3.05, 3.63) is 52.6 Å². The van der Waals surface area contributed by atoms with Gasteiger partial charge in [-0.25, -0.2) is 4.79 Å². The van der Waals surface area contributed by atoms with Crippen molar-refractivity contribution in [1.82, 2.24) is 10.6 Å². The molecule has 1 aliphatic heterocycles. The summed E-state index contributed by atoms with van der Waals surface area (Å²) < 4.78 is 4.93. The summed E-state index contributed by atoms with van der Waals surface area (Å²) in [6, 6.07) is 5.74. The molecule has 0 saturated carbocycles. The van der Waals surface area contributed by atoms with Gasteiger partial charge in [0.1, 0.15) is 0 Å². The van der Waals surface area contributed by atoms with Crippen LogP contribution in [0.2, 0.25) is 0 Å². The summed E-state index contributed by atoms with van der Waals surface area (Å²) in [5, 5.41) is 5.80. The number of rotatable bonds is 7. The summed E-state index contributed by atoms with van der Waals surface area (Å²) in [5.41, 5.74) is 4.04. The van der Waals surface area contributed by atoms with Gasteiger partial charge in [0.15, 0.2) is 0 Å². The summed E-state index contributed by atoms with van der Waals surface area (Å²) >= 11 is 3.69. The molecule has 0 spiro atoms. The van der Waals surface area contributed by atoms with Crippen LogP contribution in [0.3, 0.4) is 0 Å². The van der Waals surface area contributed by atoms with Crippen LogP contribution in [0.25, 0.3) is 6.08 Å². The Kier molecular flexibility index (Phi) is 7.48. The second-order valence-corrected chi connectivity index (χ2v) is 8.78. The fourth-order valence-electron chi connectivity index (χ4n) is 3.81. The molecule has 1 aromatic rings. The van der Waals surface area contributed by atoms with E-state index in [1.807, 2.05) is 25.1 Å². The van der Waals surface area contributed by atoms with Gasteiger partial charge in [0, 0.05) is 35.0 Å². The van der Waals surface area contributed by atoms with Gasteiger partial charge in [-0.3, -0.25) is 9.59 Å². The molecule has 1 unspecified atom stereocenters. The largest absolute Gasteiger partial charge is 0.463 e. The Labute approximate surface area is 185 Å². The number of hydrogen-bond acceptors (Lipinski definition) is 4. The van der Waals surface area contributed by atoms with Gasteiger partial charge < -0.3 is 15.4 Å². The number of halogens is 1. The molecule has 2 N–H and O–H groups in total. The third-order valence-corrected chi connectivity index (χ3v) is 6.19. The molecule has 30 heavy (non-hydrogen) atoms. The Morgan fingerprint density at radius 3 is 2.90 bits per heavy atom. The average Bonchev–Trinajstić information content (AvgIpc) is 3.11. The van der Waals surface area contributed by atoms with Crippen LogP contribution in [0, 0.1) is 12.8 Å². The molecule has 0 radical (unpaired) electrons. The monoisotopic (exact) mass is 474 g/mol. The number of benzene rings is 1. The van der Waals surface area contributed by atoms with Crippen molar-refractivity contribution in [2.24, 2.45) is 5.92 Å². The van der Waals surface area contributed by atoms with E-state index in [2.05, 4.69) is 32.6 Å². The van der Waals surface area contributed by atoms with Crippen LogP contribution in [-0.2, 0) is 19.1 Å². The Balaban J connectivity index is 1.75. The van der Waals surface area contributed by atoms with Crippen LogP contribution in [0.4, 0.5) is 0 Å². The van der Waals surface area contributed by atoms with Gasteiger partial charge in [0.25, 0.3) is 0 Å². The molecule has 6 nitrogen and oxygen atoms in total. The summed E-state index contributed by atoms with van der Waals surface area (Å²) in [6.07, 6.45) is 6.58. The van der Waals surface area contributed by atoms with Gasteiger partial charge in [-0.05, 0) is 50.3 Å². The van der Waals surface area contributed by atoms with Crippen LogP contribution in [-0.4, -0.2) is 37.0 Å². The number of carbonyl (C=O) groups is 3. The van der Waals surface area contributed by atoms with Crippen molar-refractivity contribution < 1.29 is 19.1 Å². The van der Waals surface area contributed by atoms with E-state index in [4.69, 9.17) is 4.74 Å². The Hall–Kier alpha value is -2.41. The molecule has 2 aliphatic rings. The van der Waals surface area contributed by atoms with Crippen LogP contribution in [0.15, 0.2) is 35.9 Å². The molecule has 160 valence electrons. The highest BCUT2D eigenvalue weighted by molar-refractivity contribution is 9.09. The van der Waals surface area contributed by atoms with E-state index in [0.717, 1.165) is 12.0 Å². The van der Waals surface area contributed by atoms with Gasteiger partial charge in [0.2, 0.25) is 11.8 Å². The highest BCUT2D eigenvalue weighted by Gasteiger charge is 2.29. The molecular formula is C23H27BrN2O4. The Morgan fingerprint density at radius 1 is 1.40 bits per heavy atom. The third-order valence-electron chi connectivity index (χ3n) is 5.37. The second kappa shape index (κ2) is 10.1. The Bertz CT molecular complexity index is 893. The fraction of sp³-hybridized carbons (Fsp3) is 0.435. The molecule has 3 rings (SSSR count). The zero-order chi connectivity index (χ0) is 21.7. The van der Waals surface area contributed by atoms with Crippen molar-refractivity contribution >= 4 is 39.8 Å². The SMILES string of the molecule is CCOC(=O)C=C[C@H](C[C@@H]1CCNC1=O)NC(=O)C1=Cc2ccc(C)cc2C(Br)C1. The quantitative estimate of drug-likeness (QED) is 0.360. The molecular weight excluding hydrogens is 448 g/mol. The number of carbonyl (C=O) groups excluding carboxylic acids is 3. The molecule has 1 saturated heterocycles. The average molecular weight is 475 g/mol. The van der Waals surface area contributed by atoms with E-state index in [0.29, 0.717) is 25.0 Å². The van der Waals surface area contributed by atoms with Crippen molar-refractivity contribution in [3.63, 3.8) is 0 Å². The number of alkyl halides is 1. The van der Waals surface area contributed by atoms with Crippen molar-refractivity contribution in [1.29, 1.82) is 0 Å². The van der Waals surface area contributed by atoms with E-state index in [1.165, 1.54) is 17.2 Å².